The molecule has 3 atom stereocenters. The van der Waals surface area contributed by atoms with E-state index in [1.807, 2.05) is 0 Å². The van der Waals surface area contributed by atoms with Crippen LogP contribution in [0.5, 0.6) is 11.5 Å². The number of fused-ring (bicyclic) bond motifs is 2. The summed E-state index contributed by atoms with van der Waals surface area (Å²) in [4.78, 5) is 4.17. The van der Waals surface area contributed by atoms with Gasteiger partial charge < -0.3 is 24.7 Å². The van der Waals surface area contributed by atoms with Gasteiger partial charge in [0, 0.05) is 20.1 Å². The Balaban J connectivity index is 1.91. The van der Waals surface area contributed by atoms with E-state index in [0.29, 0.717) is 11.5 Å². The number of hydrogen-bond acceptors (Lipinski definition) is 8. The molecule has 1 saturated carbocycles. The predicted octanol–water partition coefficient (Wildman–Crippen LogP) is 0.850. The molecule has 1 aliphatic carbocycles. The molecule has 0 unspecified atom stereocenters. The molecule has 0 radical (unpaired) electrons. The van der Waals surface area contributed by atoms with Gasteiger partial charge in [-0.3, -0.25) is 0 Å². The molecule has 8 heteroatoms. The average molecular weight is 326 g/mol. The predicted molar refractivity (Wildman–Crippen MR) is 79.8 cm³/mol. The van der Waals surface area contributed by atoms with Crippen molar-refractivity contribution >= 4 is 5.84 Å². The van der Waals surface area contributed by atoms with E-state index in [-0.39, 0.29) is 12.6 Å². The van der Waals surface area contributed by atoms with E-state index in [0.717, 1.165) is 5.56 Å². The maximum absolute atomic E-state index is 9.96. The highest BCUT2D eigenvalue weighted by Gasteiger charge is 2.93. The van der Waals surface area contributed by atoms with Gasteiger partial charge in [-0.25, -0.2) is 4.99 Å². The maximum Gasteiger partial charge on any atom is 0.292 e. The smallest absolute Gasteiger partial charge is 0.292 e. The highest BCUT2D eigenvalue weighted by Crippen LogP contribution is 2.82. The molecule has 8 nitrogen and oxygen atoms in total. The molecule has 2 heterocycles. The van der Waals surface area contributed by atoms with Crippen molar-refractivity contribution in [1.82, 2.24) is 0 Å². The summed E-state index contributed by atoms with van der Waals surface area (Å²) in [6.45, 7) is 0.139. The molecule has 2 N–H and O–H groups in total. The zero-order valence-electron chi connectivity index (χ0n) is 13.1. The quantitative estimate of drug-likeness (QED) is 0.817. The minimum Gasteiger partial charge on any atom is -0.454 e. The van der Waals surface area contributed by atoms with Gasteiger partial charge in [0.1, 0.15) is 11.3 Å². The standard InChI is InChI=1S/C16H14N4O4/c1-21-16(22-2)15(7-18)12(14(15,6-17)13(19)20-16)9-3-4-10-11(5-9)24-8-23-10/h3-5,12H,8H2,1-2H3,(H2,19,20)/t12-,14-,15-/m0/s1. The largest absolute Gasteiger partial charge is 0.454 e. The van der Waals surface area contributed by atoms with Crippen molar-refractivity contribution < 1.29 is 18.9 Å². The van der Waals surface area contributed by atoms with Gasteiger partial charge in [0.15, 0.2) is 16.9 Å². The summed E-state index contributed by atoms with van der Waals surface area (Å²) in [5.41, 5.74) is 4.11. The van der Waals surface area contributed by atoms with Gasteiger partial charge in [-0.2, -0.15) is 10.5 Å². The summed E-state index contributed by atoms with van der Waals surface area (Å²) in [6.07, 6.45) is 0. The fraction of sp³-hybridized carbons (Fsp3) is 0.438. The van der Waals surface area contributed by atoms with Crippen LogP contribution >= 0.6 is 0 Å². The van der Waals surface area contributed by atoms with Crippen LogP contribution in [0.15, 0.2) is 23.2 Å². The van der Waals surface area contributed by atoms with E-state index >= 15 is 0 Å². The zero-order valence-corrected chi connectivity index (χ0v) is 13.1. The molecule has 2 aliphatic heterocycles. The van der Waals surface area contributed by atoms with Crippen molar-refractivity contribution in [2.45, 2.75) is 11.8 Å². The van der Waals surface area contributed by atoms with Gasteiger partial charge in [0.25, 0.3) is 5.91 Å². The molecule has 0 saturated heterocycles. The summed E-state index contributed by atoms with van der Waals surface area (Å²) in [5.74, 6) is -0.949. The summed E-state index contributed by atoms with van der Waals surface area (Å²) < 4.78 is 21.5. The minimum absolute atomic E-state index is 0.0397. The Morgan fingerprint density at radius 2 is 1.92 bits per heavy atom. The third-order valence-corrected chi connectivity index (χ3v) is 5.21. The van der Waals surface area contributed by atoms with Crippen molar-refractivity contribution in [2.75, 3.05) is 21.0 Å². The van der Waals surface area contributed by atoms with Crippen LogP contribution in [0.3, 0.4) is 0 Å². The van der Waals surface area contributed by atoms with E-state index in [1.165, 1.54) is 14.2 Å². The lowest BCUT2D eigenvalue weighted by Crippen LogP contribution is -2.41. The number of rotatable bonds is 3. The van der Waals surface area contributed by atoms with Crippen molar-refractivity contribution in [3.8, 4) is 23.6 Å². The Bertz CT molecular complexity index is 851. The molecule has 4 rings (SSSR count). The van der Waals surface area contributed by atoms with Gasteiger partial charge in [-0.1, -0.05) is 6.07 Å². The lowest BCUT2D eigenvalue weighted by molar-refractivity contribution is -0.230. The Morgan fingerprint density at radius 1 is 1.21 bits per heavy atom. The van der Waals surface area contributed by atoms with Crippen LogP contribution < -0.4 is 15.2 Å². The number of hydrogen-bond donors (Lipinski definition) is 1. The summed E-state index contributed by atoms with van der Waals surface area (Å²) in [6, 6.07) is 9.68. The second-order valence-electron chi connectivity index (χ2n) is 5.87. The van der Waals surface area contributed by atoms with E-state index in [2.05, 4.69) is 17.1 Å². The van der Waals surface area contributed by atoms with Crippen LogP contribution in [-0.2, 0) is 9.47 Å². The number of benzene rings is 1. The maximum atomic E-state index is 9.96. The van der Waals surface area contributed by atoms with Crippen molar-refractivity contribution in [1.29, 1.82) is 10.5 Å². The molecule has 24 heavy (non-hydrogen) atoms. The Hall–Kier alpha value is -2.81. The van der Waals surface area contributed by atoms with Crippen LogP contribution in [0.2, 0.25) is 0 Å². The van der Waals surface area contributed by atoms with E-state index < -0.39 is 22.7 Å². The molecule has 0 bridgehead atoms. The fourth-order valence-electron chi connectivity index (χ4n) is 4.11. The van der Waals surface area contributed by atoms with Crippen LogP contribution in [-0.4, -0.2) is 32.8 Å². The van der Waals surface area contributed by atoms with Crippen molar-refractivity contribution in [3.63, 3.8) is 0 Å². The van der Waals surface area contributed by atoms with Gasteiger partial charge in [0.2, 0.25) is 6.79 Å². The average Bonchev–Trinajstić information content (AvgIpc) is 2.87. The zero-order chi connectivity index (χ0) is 17.2. The Kier molecular flexibility index (Phi) is 2.70. The molecule has 3 aliphatic rings. The first-order valence-corrected chi connectivity index (χ1v) is 7.25. The second kappa shape index (κ2) is 4.38. The van der Waals surface area contributed by atoms with Crippen LogP contribution in [0, 0.1) is 33.5 Å². The monoisotopic (exact) mass is 326 g/mol. The van der Waals surface area contributed by atoms with Crippen molar-refractivity contribution in [3.05, 3.63) is 23.8 Å². The number of nitrogens with zero attached hydrogens (tertiary/aromatic N) is 3. The van der Waals surface area contributed by atoms with E-state index in [1.54, 1.807) is 18.2 Å². The molecule has 122 valence electrons. The third-order valence-electron chi connectivity index (χ3n) is 5.21. The highest BCUT2D eigenvalue weighted by atomic mass is 16.7. The van der Waals surface area contributed by atoms with Gasteiger partial charge in [0.05, 0.1) is 12.1 Å². The Morgan fingerprint density at radius 3 is 2.54 bits per heavy atom. The molecular formula is C16H14N4O4. The number of nitrogens with two attached hydrogens (primary N) is 1. The molecule has 1 aromatic rings. The number of nitriles is 2. The minimum atomic E-state index is -1.62. The number of ether oxygens (including phenoxy) is 4. The second-order valence-corrected chi connectivity index (χ2v) is 5.87. The molecule has 0 spiro atoms. The van der Waals surface area contributed by atoms with Gasteiger partial charge in [-0.05, 0) is 17.7 Å². The van der Waals surface area contributed by atoms with Crippen molar-refractivity contribution in [2.24, 2.45) is 21.6 Å². The molecule has 1 aromatic carbocycles. The third kappa shape index (κ3) is 1.25. The van der Waals surface area contributed by atoms with Crippen LogP contribution in [0.4, 0.5) is 0 Å². The highest BCUT2D eigenvalue weighted by molar-refractivity contribution is 6.00. The summed E-state index contributed by atoms with van der Waals surface area (Å²) >= 11 is 0. The summed E-state index contributed by atoms with van der Waals surface area (Å²) in [7, 11) is 2.75. The first-order valence-electron chi connectivity index (χ1n) is 7.25. The molecule has 0 amide bonds. The molecule has 0 aromatic heterocycles. The topological polar surface area (TPSA) is 123 Å². The van der Waals surface area contributed by atoms with Crippen LogP contribution in [0.25, 0.3) is 0 Å². The first-order chi connectivity index (χ1) is 11.6. The fourth-order valence-corrected chi connectivity index (χ4v) is 4.11. The normalized spacial score (nSPS) is 34.0. The SMILES string of the molecule is COC1(OC)N=C(N)[C@]2(C#N)[C@H](c3ccc4c(c3)OCO4)[C@]12C#N. The molecular weight excluding hydrogens is 312 g/mol. The lowest BCUT2D eigenvalue weighted by atomic mass is 9.93. The molecule has 1 fully saturated rings. The first kappa shape index (κ1) is 14.8. The van der Waals surface area contributed by atoms with E-state index in [9.17, 15) is 10.5 Å². The van der Waals surface area contributed by atoms with Gasteiger partial charge in [-0.15, -0.1) is 0 Å². The van der Waals surface area contributed by atoms with E-state index in [4.69, 9.17) is 24.7 Å². The van der Waals surface area contributed by atoms with Crippen LogP contribution in [0.1, 0.15) is 11.5 Å². The summed E-state index contributed by atoms with van der Waals surface area (Å²) in [5, 5.41) is 19.8. The number of amidine groups is 1. The number of methoxy groups -OCH3 is 2. The lowest BCUT2D eigenvalue weighted by Gasteiger charge is -2.29. The number of aliphatic imine (C=N–C) groups is 1. The van der Waals surface area contributed by atoms with Gasteiger partial charge >= 0.3 is 0 Å². The Labute approximate surface area is 138 Å².